The fourth-order valence-electron chi connectivity index (χ4n) is 1.53. The Morgan fingerprint density at radius 3 is 2.46 bits per heavy atom. The van der Waals surface area contributed by atoms with Crippen LogP contribution in [0.1, 0.15) is 17.3 Å². The number of esters is 1. The Kier molecular flexibility index (Phi) is 9.94. The third-order valence-electron chi connectivity index (χ3n) is 2.45. The number of carbonyl (C=O) groups excluding carboxylic acids is 3. The summed E-state index contributed by atoms with van der Waals surface area (Å²) >= 11 is 0. The average molecular weight is 404 g/mol. The van der Waals surface area contributed by atoms with E-state index in [4.69, 9.17) is 9.47 Å². The van der Waals surface area contributed by atoms with Crippen molar-refractivity contribution >= 4 is 39.6 Å². The maximum absolute atomic E-state index is 12.0. The van der Waals surface area contributed by atoms with Gasteiger partial charge in [0.25, 0.3) is 11.0 Å². The Morgan fingerprint density at radius 2 is 1.81 bits per heavy atom. The molecule has 0 bridgehead atoms. The molecule has 12 heteroatoms. The van der Waals surface area contributed by atoms with E-state index < -0.39 is 23.1 Å². The number of alkyl carbamates (subject to hydrolysis) is 1. The molecule has 0 aliphatic heterocycles. The molecule has 0 aliphatic rings. The van der Waals surface area contributed by atoms with E-state index in [1.807, 2.05) is 5.32 Å². The van der Waals surface area contributed by atoms with Gasteiger partial charge in [-0.2, -0.15) is 0 Å². The van der Waals surface area contributed by atoms with Crippen molar-refractivity contribution in [3.63, 3.8) is 0 Å². The van der Waals surface area contributed by atoms with Crippen molar-refractivity contribution in [2.75, 3.05) is 24.7 Å². The summed E-state index contributed by atoms with van der Waals surface area (Å²) in [6, 6.07) is 5.97. The molecule has 1 N–H and O–H groups in total. The molecule has 0 saturated carbocycles. The number of carbonyl (C=O) groups is 3. The summed E-state index contributed by atoms with van der Waals surface area (Å²) in [4.78, 5) is 48.7. The van der Waals surface area contributed by atoms with Gasteiger partial charge in [-0.25, -0.2) is 4.79 Å². The average Bonchev–Trinajstić information content (AvgIpc) is 2.56. The predicted molar refractivity (Wildman–Crippen MR) is 94.4 cm³/mol. The highest BCUT2D eigenvalue weighted by Crippen LogP contribution is 2.20. The Balaban J connectivity index is 2.28. The summed E-state index contributed by atoms with van der Waals surface area (Å²) in [6.45, 7) is 1.21. The lowest BCUT2D eigenvalue weighted by Gasteiger charge is -2.09. The van der Waals surface area contributed by atoms with E-state index in [-0.39, 0.29) is 24.5 Å². The highest BCUT2D eigenvalue weighted by Gasteiger charge is 2.16. The Hall–Kier alpha value is -2.47. The molecule has 0 aromatic heterocycles. The van der Waals surface area contributed by atoms with Crippen molar-refractivity contribution < 1.29 is 33.8 Å². The number of ether oxygens (including phenoxy) is 2. The topological polar surface area (TPSA) is 134 Å². The fourth-order valence-corrected chi connectivity index (χ4v) is 3.17. The molecule has 1 rings (SSSR count). The van der Waals surface area contributed by atoms with Gasteiger partial charge in [-0.1, -0.05) is 33.7 Å². The third-order valence-corrected chi connectivity index (χ3v) is 4.78. The second kappa shape index (κ2) is 12.0. The van der Waals surface area contributed by atoms with Gasteiger partial charge < -0.3 is 14.3 Å². The first-order valence-corrected chi connectivity index (χ1v) is 9.66. The fraction of sp³-hybridized carbons (Fsp3) is 0.357. The molecule has 1 aromatic rings. The summed E-state index contributed by atoms with van der Waals surface area (Å²) in [5.74, 6) is -0.483. The predicted octanol–water partition coefficient (Wildman–Crippen LogP) is 2.07. The van der Waals surface area contributed by atoms with Gasteiger partial charge in [0.1, 0.15) is 19.0 Å². The van der Waals surface area contributed by atoms with Gasteiger partial charge in [0.15, 0.2) is 0 Å². The van der Waals surface area contributed by atoms with E-state index in [0.29, 0.717) is 11.5 Å². The molecule has 26 heavy (non-hydrogen) atoms. The minimum atomic E-state index is -0.935. The van der Waals surface area contributed by atoms with Crippen LogP contribution in [0, 0.1) is 10.1 Å². The largest absolute Gasteiger partial charge is 0.448 e. The Morgan fingerprint density at radius 1 is 1.15 bits per heavy atom. The molecule has 0 atom stereocenters. The van der Waals surface area contributed by atoms with Gasteiger partial charge >= 0.3 is 12.1 Å². The minimum Gasteiger partial charge on any atom is -0.448 e. The number of nitrogens with one attached hydrogen (secondary N) is 1. The second-order valence-corrected chi connectivity index (χ2v) is 7.08. The van der Waals surface area contributed by atoms with E-state index in [9.17, 15) is 24.5 Å². The Bertz CT molecular complexity index is 656. The van der Waals surface area contributed by atoms with Crippen molar-refractivity contribution in [2.24, 2.45) is 0 Å². The molecule has 0 fully saturated rings. The quantitative estimate of drug-likeness (QED) is 0.154. The molecule has 0 aliphatic carbocycles. The van der Waals surface area contributed by atoms with Crippen LogP contribution in [0.25, 0.3) is 0 Å². The zero-order valence-electron chi connectivity index (χ0n) is 13.7. The molecule has 10 nitrogen and oxygen atoms in total. The van der Waals surface area contributed by atoms with Crippen LogP contribution in [0.5, 0.6) is 5.75 Å². The summed E-state index contributed by atoms with van der Waals surface area (Å²) in [6.07, 6.45) is -0.935. The van der Waals surface area contributed by atoms with Gasteiger partial charge in [-0.3, -0.25) is 14.9 Å². The molecule has 1 aromatic carbocycles. The van der Waals surface area contributed by atoms with Crippen LogP contribution in [-0.4, -0.2) is 47.8 Å². The van der Waals surface area contributed by atoms with E-state index in [1.54, 1.807) is 12.1 Å². The first-order chi connectivity index (χ1) is 12.4. The van der Waals surface area contributed by atoms with Crippen molar-refractivity contribution in [2.45, 2.75) is 6.92 Å². The van der Waals surface area contributed by atoms with Crippen LogP contribution in [0.15, 0.2) is 24.3 Å². The van der Waals surface area contributed by atoms with E-state index >= 15 is 0 Å². The lowest BCUT2D eigenvalue weighted by atomic mass is 10.2. The molecule has 0 spiro atoms. The monoisotopic (exact) mass is 404 g/mol. The smallest absolute Gasteiger partial charge is 0.414 e. The lowest BCUT2D eigenvalue weighted by Crippen LogP contribution is -2.32. The number of nitrogens with zero attached hydrogens (tertiary/aromatic N) is 1. The van der Waals surface area contributed by atoms with Crippen LogP contribution in [-0.2, 0) is 14.4 Å². The number of amides is 2. The zero-order valence-corrected chi connectivity index (χ0v) is 15.3. The van der Waals surface area contributed by atoms with Crippen molar-refractivity contribution in [1.29, 1.82) is 0 Å². The van der Waals surface area contributed by atoms with Gasteiger partial charge in [-0.15, -0.1) is 10.1 Å². The molecule has 142 valence electrons. The standard InChI is InChI=1S/C14H16N2O8S2/c1-10(17)24-12-5-3-2-4-11(12)13(18)15-14(19)22-6-8-25-26-9-7-23-16(20)21/h2-5H,6-9H2,1H3,(H,15,18,19). The number of rotatable bonds is 10. The van der Waals surface area contributed by atoms with Crippen LogP contribution >= 0.6 is 21.6 Å². The summed E-state index contributed by atoms with van der Waals surface area (Å²) in [5.41, 5.74) is 0.0235. The summed E-state index contributed by atoms with van der Waals surface area (Å²) in [5, 5.41) is 11.1. The highest BCUT2D eigenvalue weighted by atomic mass is 33.1. The highest BCUT2D eigenvalue weighted by molar-refractivity contribution is 8.76. The van der Waals surface area contributed by atoms with Gasteiger partial charge in [-0.05, 0) is 12.1 Å². The number of para-hydroxylation sites is 1. The minimum absolute atomic E-state index is 0.0235. The molecular formula is C14H16N2O8S2. The number of hydrogen-bond acceptors (Lipinski definition) is 10. The summed E-state index contributed by atoms with van der Waals surface area (Å²) < 4.78 is 9.75. The van der Waals surface area contributed by atoms with Crippen molar-refractivity contribution in [3.8, 4) is 5.75 Å². The molecule has 2 amide bonds. The van der Waals surface area contributed by atoms with Crippen LogP contribution in [0.4, 0.5) is 4.79 Å². The van der Waals surface area contributed by atoms with Gasteiger partial charge in [0.05, 0.1) is 5.56 Å². The van der Waals surface area contributed by atoms with Crippen LogP contribution < -0.4 is 10.1 Å². The van der Waals surface area contributed by atoms with Crippen LogP contribution in [0.3, 0.4) is 0 Å². The number of hydrogen-bond donors (Lipinski definition) is 1. The van der Waals surface area contributed by atoms with Gasteiger partial charge in [0.2, 0.25) is 0 Å². The zero-order chi connectivity index (χ0) is 19.4. The van der Waals surface area contributed by atoms with Gasteiger partial charge in [0, 0.05) is 18.4 Å². The first-order valence-electron chi connectivity index (χ1n) is 7.17. The van der Waals surface area contributed by atoms with E-state index in [2.05, 4.69) is 4.84 Å². The molecule has 0 unspecified atom stereocenters. The van der Waals surface area contributed by atoms with Crippen molar-refractivity contribution in [1.82, 2.24) is 5.32 Å². The van der Waals surface area contributed by atoms with E-state index in [1.165, 1.54) is 40.6 Å². The van der Waals surface area contributed by atoms with Crippen LogP contribution in [0.2, 0.25) is 0 Å². The number of benzene rings is 1. The molecule has 0 radical (unpaired) electrons. The molecular weight excluding hydrogens is 388 g/mol. The van der Waals surface area contributed by atoms with Crippen molar-refractivity contribution in [3.05, 3.63) is 39.9 Å². The van der Waals surface area contributed by atoms with E-state index in [0.717, 1.165) is 0 Å². The maximum atomic E-state index is 12.0. The normalized spacial score (nSPS) is 9.88. The third kappa shape index (κ3) is 9.13. The SMILES string of the molecule is CC(=O)Oc1ccccc1C(=O)NC(=O)OCCSSCCO[N+](=O)[O-]. The second-order valence-electron chi connectivity index (χ2n) is 4.38. The molecule has 0 saturated heterocycles. The Labute approximate surface area is 156 Å². The summed E-state index contributed by atoms with van der Waals surface area (Å²) in [7, 11) is 2.66. The first kappa shape index (κ1) is 21.6. The maximum Gasteiger partial charge on any atom is 0.414 e. The number of imide groups is 1. The molecule has 0 heterocycles. The lowest BCUT2D eigenvalue weighted by molar-refractivity contribution is -0.756.